The van der Waals surface area contributed by atoms with Crippen molar-refractivity contribution < 1.29 is 0 Å². The molecular weight excluding hydrogens is 120 g/mol. The van der Waals surface area contributed by atoms with Crippen molar-refractivity contribution in [1.29, 1.82) is 0 Å². The Morgan fingerprint density at radius 1 is 1.30 bits per heavy atom. The topological polar surface area (TPSA) is 0 Å². The van der Waals surface area contributed by atoms with Crippen LogP contribution < -0.4 is 0 Å². The van der Waals surface area contributed by atoms with Crippen LogP contribution in [-0.2, 0) is 0 Å². The van der Waals surface area contributed by atoms with E-state index >= 15 is 0 Å². The molecule has 0 aliphatic heterocycles. The molecule has 0 heteroatoms. The van der Waals surface area contributed by atoms with Crippen LogP contribution in [0.5, 0.6) is 0 Å². The third-order valence-electron chi connectivity index (χ3n) is 3.30. The smallest absolute Gasteiger partial charge is 0.0383 e. The number of hydrogen-bond donors (Lipinski definition) is 0. The summed E-state index contributed by atoms with van der Waals surface area (Å²) in [6.07, 6.45) is 5.82. The van der Waals surface area contributed by atoms with E-state index in [-0.39, 0.29) is 0 Å². The Bertz CT molecular complexity index is 90.2. The highest BCUT2D eigenvalue weighted by molar-refractivity contribution is 4.81. The van der Waals surface area contributed by atoms with Crippen LogP contribution in [0.25, 0.3) is 0 Å². The summed E-state index contributed by atoms with van der Waals surface area (Å²) < 4.78 is 0. The van der Waals surface area contributed by atoms with Gasteiger partial charge in [0.1, 0.15) is 0 Å². The fourth-order valence-corrected chi connectivity index (χ4v) is 1.92. The largest absolute Gasteiger partial charge is 0.0651 e. The summed E-state index contributed by atoms with van der Waals surface area (Å²) in [6, 6.07) is 0. The zero-order chi connectivity index (χ0) is 7.56. The number of rotatable bonds is 3. The molecule has 1 aliphatic carbocycles. The van der Waals surface area contributed by atoms with E-state index < -0.39 is 0 Å². The summed E-state index contributed by atoms with van der Waals surface area (Å²) in [5.41, 5.74) is 0. The van der Waals surface area contributed by atoms with E-state index in [4.69, 9.17) is 0 Å². The van der Waals surface area contributed by atoms with Gasteiger partial charge in [-0.15, -0.1) is 0 Å². The lowest BCUT2D eigenvalue weighted by atomic mass is 9.67. The fourth-order valence-electron chi connectivity index (χ4n) is 1.92. The first-order valence-electron chi connectivity index (χ1n) is 4.77. The summed E-state index contributed by atoms with van der Waals surface area (Å²) in [7, 11) is 0. The zero-order valence-corrected chi connectivity index (χ0v) is 7.56. The van der Waals surface area contributed by atoms with Gasteiger partial charge in [0.05, 0.1) is 0 Å². The van der Waals surface area contributed by atoms with E-state index in [1.165, 1.54) is 25.7 Å². The summed E-state index contributed by atoms with van der Waals surface area (Å²) in [5, 5.41) is 0. The summed E-state index contributed by atoms with van der Waals surface area (Å²) in [5.74, 6) is 3.15. The molecular formula is C10H20. The van der Waals surface area contributed by atoms with Crippen molar-refractivity contribution in [1.82, 2.24) is 0 Å². The highest BCUT2D eigenvalue weighted by Crippen LogP contribution is 2.41. The molecule has 1 rings (SSSR count). The molecule has 10 heavy (non-hydrogen) atoms. The second kappa shape index (κ2) is 3.41. The molecule has 0 aromatic rings. The summed E-state index contributed by atoms with van der Waals surface area (Å²) >= 11 is 0. The zero-order valence-electron chi connectivity index (χ0n) is 7.56. The molecule has 0 N–H and O–H groups in total. The van der Waals surface area contributed by atoms with Gasteiger partial charge in [0, 0.05) is 0 Å². The Labute approximate surface area is 65.0 Å². The highest BCUT2D eigenvalue weighted by atomic mass is 14.4. The van der Waals surface area contributed by atoms with Crippen LogP contribution in [0.15, 0.2) is 0 Å². The van der Waals surface area contributed by atoms with Crippen LogP contribution >= 0.6 is 0 Å². The quantitative estimate of drug-likeness (QED) is 0.563. The first kappa shape index (κ1) is 8.10. The molecule has 1 fully saturated rings. The first-order chi connectivity index (χ1) is 4.77. The monoisotopic (exact) mass is 140 g/mol. The van der Waals surface area contributed by atoms with E-state index in [9.17, 15) is 0 Å². The summed E-state index contributed by atoms with van der Waals surface area (Å²) in [6.45, 7) is 7.03. The Morgan fingerprint density at radius 3 is 2.30 bits per heavy atom. The van der Waals surface area contributed by atoms with Crippen molar-refractivity contribution in [3.8, 4) is 0 Å². The van der Waals surface area contributed by atoms with Gasteiger partial charge in [-0.25, -0.2) is 0 Å². The van der Waals surface area contributed by atoms with Crippen LogP contribution in [-0.4, -0.2) is 0 Å². The van der Waals surface area contributed by atoms with Gasteiger partial charge in [0.2, 0.25) is 0 Å². The van der Waals surface area contributed by atoms with E-state index in [0.717, 1.165) is 17.8 Å². The lowest BCUT2D eigenvalue weighted by Crippen LogP contribution is -2.27. The van der Waals surface area contributed by atoms with Crippen molar-refractivity contribution in [3.63, 3.8) is 0 Å². The minimum absolute atomic E-state index is 0.989. The van der Waals surface area contributed by atoms with Crippen molar-refractivity contribution in [2.24, 2.45) is 17.8 Å². The molecule has 0 radical (unpaired) electrons. The predicted octanol–water partition coefficient (Wildman–Crippen LogP) is 3.47. The van der Waals surface area contributed by atoms with Crippen LogP contribution in [0.3, 0.4) is 0 Å². The van der Waals surface area contributed by atoms with Gasteiger partial charge in [0.25, 0.3) is 0 Å². The van der Waals surface area contributed by atoms with E-state index in [1.54, 1.807) is 0 Å². The standard InChI is InChI=1S/C10H20/c1-4-8(3)10-6-9(5-2)7-10/h8-10H,4-7H2,1-3H3. The minimum atomic E-state index is 0.989. The van der Waals surface area contributed by atoms with E-state index in [0.29, 0.717) is 0 Å². The van der Waals surface area contributed by atoms with Gasteiger partial charge in [-0.2, -0.15) is 0 Å². The van der Waals surface area contributed by atoms with Crippen molar-refractivity contribution in [3.05, 3.63) is 0 Å². The fraction of sp³-hybridized carbons (Fsp3) is 1.00. The maximum absolute atomic E-state index is 2.40. The van der Waals surface area contributed by atoms with Gasteiger partial charge in [-0.3, -0.25) is 0 Å². The van der Waals surface area contributed by atoms with Gasteiger partial charge in [-0.05, 0) is 30.6 Å². The third kappa shape index (κ3) is 1.53. The molecule has 0 aromatic heterocycles. The molecule has 1 atom stereocenters. The van der Waals surface area contributed by atoms with Gasteiger partial charge < -0.3 is 0 Å². The molecule has 1 saturated carbocycles. The molecule has 0 spiro atoms. The Hall–Kier alpha value is 0. The SMILES string of the molecule is CCC1CC(C(C)CC)C1. The van der Waals surface area contributed by atoms with Crippen LogP contribution in [0, 0.1) is 17.8 Å². The molecule has 0 saturated heterocycles. The lowest BCUT2D eigenvalue weighted by Gasteiger charge is -2.38. The summed E-state index contributed by atoms with van der Waals surface area (Å²) in [4.78, 5) is 0. The van der Waals surface area contributed by atoms with Crippen molar-refractivity contribution in [2.45, 2.75) is 46.5 Å². The number of hydrogen-bond acceptors (Lipinski definition) is 0. The van der Waals surface area contributed by atoms with Crippen LogP contribution in [0.4, 0.5) is 0 Å². The minimum Gasteiger partial charge on any atom is -0.0651 e. The van der Waals surface area contributed by atoms with Crippen LogP contribution in [0.1, 0.15) is 46.5 Å². The maximum atomic E-state index is 2.40. The molecule has 60 valence electrons. The average Bonchev–Trinajstić information content (AvgIpc) is 1.85. The van der Waals surface area contributed by atoms with Crippen LogP contribution in [0.2, 0.25) is 0 Å². The van der Waals surface area contributed by atoms with Gasteiger partial charge in [-0.1, -0.05) is 33.6 Å². The lowest BCUT2D eigenvalue weighted by molar-refractivity contribution is 0.127. The molecule has 0 amide bonds. The Balaban J connectivity index is 2.13. The highest BCUT2D eigenvalue weighted by Gasteiger charge is 2.30. The molecule has 0 bridgehead atoms. The molecule has 0 aromatic carbocycles. The van der Waals surface area contributed by atoms with E-state index in [2.05, 4.69) is 20.8 Å². The maximum Gasteiger partial charge on any atom is -0.0383 e. The van der Waals surface area contributed by atoms with Gasteiger partial charge >= 0.3 is 0 Å². The van der Waals surface area contributed by atoms with Crippen molar-refractivity contribution in [2.75, 3.05) is 0 Å². The molecule has 0 nitrogen and oxygen atoms in total. The molecule has 1 aliphatic rings. The normalized spacial score (nSPS) is 35.1. The Morgan fingerprint density at radius 2 is 1.90 bits per heavy atom. The predicted molar refractivity (Wildman–Crippen MR) is 46.0 cm³/mol. The average molecular weight is 140 g/mol. The second-order valence-corrected chi connectivity index (χ2v) is 3.89. The van der Waals surface area contributed by atoms with Crippen molar-refractivity contribution >= 4 is 0 Å². The van der Waals surface area contributed by atoms with E-state index in [1.807, 2.05) is 0 Å². The molecule has 0 heterocycles. The first-order valence-corrected chi connectivity index (χ1v) is 4.77. The molecule has 1 unspecified atom stereocenters. The van der Waals surface area contributed by atoms with Gasteiger partial charge in [0.15, 0.2) is 0 Å². The third-order valence-corrected chi connectivity index (χ3v) is 3.30. The Kier molecular flexibility index (Phi) is 2.76. The second-order valence-electron chi connectivity index (χ2n) is 3.89.